The molecule has 0 aliphatic carbocycles. The van der Waals surface area contributed by atoms with Gasteiger partial charge in [-0.3, -0.25) is 4.79 Å². The Hall–Kier alpha value is -2.89. The number of furan rings is 1. The third kappa shape index (κ3) is 2.90. The molecule has 1 atom stereocenters. The molecule has 22 heavy (non-hydrogen) atoms. The molecule has 0 saturated heterocycles. The van der Waals surface area contributed by atoms with E-state index in [4.69, 9.17) is 8.94 Å². The Labute approximate surface area is 127 Å². The number of rotatable bonds is 4. The maximum Gasteiger partial charge on any atom is 0.287 e. The predicted molar refractivity (Wildman–Crippen MR) is 79.1 cm³/mol. The van der Waals surface area contributed by atoms with E-state index in [1.165, 1.54) is 6.26 Å². The van der Waals surface area contributed by atoms with E-state index in [0.717, 1.165) is 11.1 Å². The minimum Gasteiger partial charge on any atom is -0.459 e. The second kappa shape index (κ2) is 5.85. The molecule has 3 rings (SSSR count). The average Bonchev–Trinajstić information content (AvgIpc) is 3.20. The summed E-state index contributed by atoms with van der Waals surface area (Å²) in [5.41, 5.74) is 2.02. The quantitative estimate of drug-likeness (QED) is 0.800. The molecule has 1 amide bonds. The third-order valence-corrected chi connectivity index (χ3v) is 3.21. The van der Waals surface area contributed by atoms with Crippen molar-refractivity contribution < 1.29 is 13.7 Å². The van der Waals surface area contributed by atoms with Crippen molar-refractivity contribution in [2.24, 2.45) is 0 Å². The number of nitrogens with zero attached hydrogens (tertiary/aromatic N) is 2. The second-order valence-corrected chi connectivity index (χ2v) is 4.99. The van der Waals surface area contributed by atoms with Crippen molar-refractivity contribution in [3.63, 3.8) is 0 Å². The fourth-order valence-corrected chi connectivity index (χ4v) is 1.97. The normalized spacial score (nSPS) is 12.1. The zero-order valence-corrected chi connectivity index (χ0v) is 12.2. The third-order valence-electron chi connectivity index (χ3n) is 3.21. The molecule has 3 aromatic rings. The van der Waals surface area contributed by atoms with Crippen molar-refractivity contribution in [3.05, 3.63) is 59.9 Å². The van der Waals surface area contributed by atoms with E-state index < -0.39 is 6.04 Å². The van der Waals surface area contributed by atoms with Gasteiger partial charge in [-0.05, 0) is 26.0 Å². The summed E-state index contributed by atoms with van der Waals surface area (Å²) in [5.74, 6) is 0.752. The fraction of sp³-hybridized carbons (Fsp3) is 0.188. The maximum atomic E-state index is 11.9. The molecule has 1 N–H and O–H groups in total. The highest BCUT2D eigenvalue weighted by Crippen LogP contribution is 2.19. The number of carbonyl (C=O) groups is 1. The summed E-state index contributed by atoms with van der Waals surface area (Å²) >= 11 is 0. The summed E-state index contributed by atoms with van der Waals surface area (Å²) in [6.07, 6.45) is 1.45. The Morgan fingerprint density at radius 3 is 2.68 bits per heavy atom. The van der Waals surface area contributed by atoms with E-state index in [9.17, 15) is 4.79 Å². The van der Waals surface area contributed by atoms with Crippen LogP contribution in [0.4, 0.5) is 0 Å². The second-order valence-electron chi connectivity index (χ2n) is 4.99. The molecule has 1 aromatic carbocycles. The number of aromatic nitrogens is 2. The molecule has 0 bridgehead atoms. The number of nitrogens with one attached hydrogen (secondary N) is 1. The lowest BCUT2D eigenvalue weighted by Crippen LogP contribution is -2.26. The number of amides is 1. The van der Waals surface area contributed by atoms with Gasteiger partial charge in [0.2, 0.25) is 11.7 Å². The van der Waals surface area contributed by atoms with Crippen LogP contribution >= 0.6 is 0 Å². The van der Waals surface area contributed by atoms with Gasteiger partial charge >= 0.3 is 0 Å². The molecule has 0 radical (unpaired) electrons. The van der Waals surface area contributed by atoms with Crippen LogP contribution in [0.15, 0.2) is 51.6 Å². The minimum absolute atomic E-state index is 0.241. The standard InChI is InChI=1S/C16H15N3O3/c1-10-5-7-12(8-6-10)14-18-16(22-19-14)11(2)17-15(20)13-4-3-9-21-13/h3-9,11H,1-2H3,(H,17,20)/t11-/m1/s1. The first-order chi connectivity index (χ1) is 10.6. The molecule has 0 saturated carbocycles. The first-order valence-corrected chi connectivity index (χ1v) is 6.88. The van der Waals surface area contributed by atoms with Gasteiger partial charge in [-0.1, -0.05) is 35.0 Å². The van der Waals surface area contributed by atoms with Gasteiger partial charge in [0.15, 0.2) is 5.76 Å². The van der Waals surface area contributed by atoms with E-state index >= 15 is 0 Å². The number of benzene rings is 1. The smallest absolute Gasteiger partial charge is 0.287 e. The van der Waals surface area contributed by atoms with Crippen molar-refractivity contribution >= 4 is 5.91 Å². The van der Waals surface area contributed by atoms with Gasteiger partial charge in [0.1, 0.15) is 6.04 Å². The fourth-order valence-electron chi connectivity index (χ4n) is 1.97. The Morgan fingerprint density at radius 2 is 2.00 bits per heavy atom. The highest BCUT2D eigenvalue weighted by atomic mass is 16.5. The minimum atomic E-state index is -0.413. The highest BCUT2D eigenvalue weighted by molar-refractivity contribution is 5.91. The number of hydrogen-bond acceptors (Lipinski definition) is 5. The van der Waals surface area contributed by atoms with Gasteiger partial charge in [-0.25, -0.2) is 0 Å². The van der Waals surface area contributed by atoms with Crippen LogP contribution in [0.2, 0.25) is 0 Å². The molecule has 112 valence electrons. The maximum absolute atomic E-state index is 11.9. The van der Waals surface area contributed by atoms with Crippen molar-refractivity contribution in [1.82, 2.24) is 15.5 Å². The summed E-state index contributed by atoms with van der Waals surface area (Å²) in [4.78, 5) is 16.2. The zero-order valence-electron chi connectivity index (χ0n) is 12.2. The number of carbonyl (C=O) groups excluding carboxylic acids is 1. The molecule has 2 aromatic heterocycles. The van der Waals surface area contributed by atoms with E-state index in [0.29, 0.717) is 11.7 Å². The number of hydrogen-bond donors (Lipinski definition) is 1. The van der Waals surface area contributed by atoms with E-state index in [2.05, 4.69) is 15.5 Å². The Morgan fingerprint density at radius 1 is 1.23 bits per heavy atom. The summed E-state index contributed by atoms with van der Waals surface area (Å²) in [7, 11) is 0. The summed E-state index contributed by atoms with van der Waals surface area (Å²) < 4.78 is 10.3. The average molecular weight is 297 g/mol. The van der Waals surface area contributed by atoms with Gasteiger partial charge in [0.25, 0.3) is 5.91 Å². The van der Waals surface area contributed by atoms with Crippen LogP contribution in [0.1, 0.15) is 35.0 Å². The molecular weight excluding hydrogens is 282 g/mol. The molecule has 6 nitrogen and oxygen atoms in total. The van der Waals surface area contributed by atoms with Crippen LogP contribution in [0.25, 0.3) is 11.4 Å². The van der Waals surface area contributed by atoms with Gasteiger partial charge in [-0.2, -0.15) is 4.98 Å². The Bertz CT molecular complexity index is 760. The lowest BCUT2D eigenvalue weighted by molar-refractivity contribution is 0.0904. The van der Waals surface area contributed by atoms with Crippen molar-refractivity contribution in [1.29, 1.82) is 0 Å². The van der Waals surface area contributed by atoms with Crippen LogP contribution in [0.5, 0.6) is 0 Å². The summed E-state index contributed by atoms with van der Waals surface area (Å²) in [6, 6.07) is 10.6. The Balaban J connectivity index is 1.73. The van der Waals surface area contributed by atoms with Crippen LogP contribution in [0.3, 0.4) is 0 Å². The lowest BCUT2D eigenvalue weighted by atomic mass is 10.1. The van der Waals surface area contributed by atoms with Gasteiger partial charge in [0, 0.05) is 5.56 Å². The topological polar surface area (TPSA) is 81.2 Å². The van der Waals surface area contributed by atoms with Crippen LogP contribution in [-0.4, -0.2) is 16.0 Å². The summed E-state index contributed by atoms with van der Waals surface area (Å²) in [5, 5.41) is 6.69. The highest BCUT2D eigenvalue weighted by Gasteiger charge is 2.19. The molecule has 0 spiro atoms. The molecular formula is C16H15N3O3. The van der Waals surface area contributed by atoms with E-state index in [-0.39, 0.29) is 11.7 Å². The van der Waals surface area contributed by atoms with Crippen LogP contribution in [-0.2, 0) is 0 Å². The van der Waals surface area contributed by atoms with Crippen molar-refractivity contribution in [2.75, 3.05) is 0 Å². The zero-order chi connectivity index (χ0) is 15.5. The van der Waals surface area contributed by atoms with Crippen molar-refractivity contribution in [2.45, 2.75) is 19.9 Å². The first-order valence-electron chi connectivity index (χ1n) is 6.88. The van der Waals surface area contributed by atoms with Crippen LogP contribution < -0.4 is 5.32 Å². The predicted octanol–water partition coefficient (Wildman–Crippen LogP) is 3.13. The molecule has 0 unspecified atom stereocenters. The number of aryl methyl sites for hydroxylation is 1. The van der Waals surface area contributed by atoms with E-state index in [1.807, 2.05) is 31.2 Å². The Kier molecular flexibility index (Phi) is 3.74. The molecule has 6 heteroatoms. The van der Waals surface area contributed by atoms with Gasteiger partial charge in [-0.15, -0.1) is 0 Å². The lowest BCUT2D eigenvalue weighted by Gasteiger charge is -2.07. The van der Waals surface area contributed by atoms with Gasteiger partial charge in [0.05, 0.1) is 6.26 Å². The van der Waals surface area contributed by atoms with Crippen LogP contribution in [0, 0.1) is 6.92 Å². The monoisotopic (exact) mass is 297 g/mol. The molecule has 0 aliphatic rings. The van der Waals surface area contributed by atoms with E-state index in [1.54, 1.807) is 19.1 Å². The molecule has 2 heterocycles. The first kappa shape index (κ1) is 14.1. The molecule has 0 aliphatic heterocycles. The summed E-state index contributed by atoms with van der Waals surface area (Å²) in [6.45, 7) is 3.78. The SMILES string of the molecule is Cc1ccc(-c2noc([C@@H](C)NC(=O)c3ccco3)n2)cc1. The van der Waals surface area contributed by atoms with Gasteiger partial charge < -0.3 is 14.3 Å². The largest absolute Gasteiger partial charge is 0.459 e. The van der Waals surface area contributed by atoms with Crippen molar-refractivity contribution in [3.8, 4) is 11.4 Å². The molecule has 0 fully saturated rings.